The van der Waals surface area contributed by atoms with Gasteiger partial charge in [0.1, 0.15) is 18.0 Å². The van der Waals surface area contributed by atoms with Crippen molar-refractivity contribution in [2.24, 2.45) is 0 Å². The molecule has 1 aromatic carbocycles. The number of hydrogen-bond donors (Lipinski definition) is 1. The van der Waals surface area contributed by atoms with E-state index in [2.05, 4.69) is 15.4 Å². The topological polar surface area (TPSA) is 42.7 Å². The first-order chi connectivity index (χ1) is 9.06. The summed E-state index contributed by atoms with van der Waals surface area (Å²) in [6.45, 7) is 4.61. The molecule has 0 saturated heterocycles. The van der Waals surface area contributed by atoms with Crippen molar-refractivity contribution in [3.05, 3.63) is 47.5 Å². The average molecular weight is 266 g/mol. The first-order valence-corrected chi connectivity index (χ1v) is 6.11. The van der Waals surface area contributed by atoms with Crippen molar-refractivity contribution in [2.75, 3.05) is 0 Å². The van der Waals surface area contributed by atoms with Gasteiger partial charge in [-0.15, -0.1) is 0 Å². The molecule has 0 bridgehead atoms. The normalized spacial score (nSPS) is 11.2. The van der Waals surface area contributed by atoms with E-state index in [9.17, 15) is 8.78 Å². The number of benzene rings is 1. The minimum atomic E-state index is -0.572. The fourth-order valence-electron chi connectivity index (χ4n) is 1.63. The van der Waals surface area contributed by atoms with E-state index in [0.717, 1.165) is 0 Å². The molecule has 2 rings (SSSR count). The fourth-order valence-corrected chi connectivity index (χ4v) is 1.63. The molecular weight excluding hydrogens is 250 g/mol. The van der Waals surface area contributed by atoms with E-state index < -0.39 is 11.6 Å². The Kier molecular flexibility index (Phi) is 4.21. The van der Waals surface area contributed by atoms with Crippen molar-refractivity contribution in [2.45, 2.75) is 33.0 Å². The third-order valence-electron chi connectivity index (χ3n) is 2.63. The number of rotatable bonds is 5. The molecule has 0 aliphatic carbocycles. The molecule has 0 unspecified atom stereocenters. The van der Waals surface area contributed by atoms with Crippen molar-refractivity contribution in [3.8, 4) is 0 Å². The molecule has 0 saturated carbocycles. The van der Waals surface area contributed by atoms with Gasteiger partial charge in [-0.25, -0.2) is 18.4 Å². The van der Waals surface area contributed by atoms with Gasteiger partial charge in [-0.2, -0.15) is 5.10 Å². The monoisotopic (exact) mass is 266 g/mol. The lowest BCUT2D eigenvalue weighted by molar-refractivity contribution is 0.527. The summed E-state index contributed by atoms with van der Waals surface area (Å²) in [4.78, 5) is 4.09. The van der Waals surface area contributed by atoms with E-state index in [1.807, 2.05) is 13.8 Å². The van der Waals surface area contributed by atoms with E-state index in [1.165, 1.54) is 29.2 Å². The lowest BCUT2D eigenvalue weighted by Crippen LogP contribution is -2.22. The second-order valence-corrected chi connectivity index (χ2v) is 4.59. The Hall–Kier alpha value is -1.82. The molecule has 0 radical (unpaired) electrons. The van der Waals surface area contributed by atoms with Crippen LogP contribution in [0, 0.1) is 11.6 Å². The van der Waals surface area contributed by atoms with E-state index in [4.69, 9.17) is 0 Å². The highest BCUT2D eigenvalue weighted by Gasteiger charge is 2.10. The highest BCUT2D eigenvalue weighted by Crippen LogP contribution is 2.13. The molecular formula is C13H16F2N4. The molecule has 1 N–H and O–H groups in total. The third kappa shape index (κ3) is 3.57. The molecule has 2 aromatic rings. The predicted octanol–water partition coefficient (Wildman–Crippen LogP) is 2.10. The summed E-state index contributed by atoms with van der Waals surface area (Å²) in [5.74, 6) is -0.542. The molecule has 102 valence electrons. The number of nitrogens with one attached hydrogen (secondary N) is 1. The van der Waals surface area contributed by atoms with Gasteiger partial charge in [-0.05, 0) is 12.1 Å². The molecule has 0 fully saturated rings. The molecule has 0 spiro atoms. The zero-order valence-electron chi connectivity index (χ0n) is 10.9. The predicted molar refractivity (Wildman–Crippen MR) is 67.5 cm³/mol. The van der Waals surface area contributed by atoms with Gasteiger partial charge < -0.3 is 5.32 Å². The number of nitrogens with zero attached hydrogens (tertiary/aromatic N) is 3. The van der Waals surface area contributed by atoms with Crippen molar-refractivity contribution in [1.82, 2.24) is 20.1 Å². The van der Waals surface area contributed by atoms with Crippen LogP contribution in [0.1, 0.15) is 25.2 Å². The lowest BCUT2D eigenvalue weighted by Gasteiger charge is -2.05. The SMILES string of the molecule is CC(C)NCc1ncn(Cc2c(F)cccc2F)n1. The van der Waals surface area contributed by atoms with E-state index in [0.29, 0.717) is 18.4 Å². The second kappa shape index (κ2) is 5.88. The maximum absolute atomic E-state index is 13.5. The average Bonchev–Trinajstić information content (AvgIpc) is 2.79. The van der Waals surface area contributed by atoms with Crippen LogP contribution in [-0.2, 0) is 13.1 Å². The van der Waals surface area contributed by atoms with Crippen LogP contribution in [0.5, 0.6) is 0 Å². The van der Waals surface area contributed by atoms with Gasteiger partial charge in [-0.1, -0.05) is 19.9 Å². The third-order valence-corrected chi connectivity index (χ3v) is 2.63. The van der Waals surface area contributed by atoms with Gasteiger partial charge in [-0.3, -0.25) is 0 Å². The van der Waals surface area contributed by atoms with Crippen LogP contribution in [0.3, 0.4) is 0 Å². The molecule has 6 heteroatoms. The zero-order chi connectivity index (χ0) is 13.8. The summed E-state index contributed by atoms with van der Waals surface area (Å²) in [5.41, 5.74) is -0.00392. The molecule has 0 aliphatic heterocycles. The van der Waals surface area contributed by atoms with Gasteiger partial charge in [0.25, 0.3) is 0 Å². The highest BCUT2D eigenvalue weighted by atomic mass is 19.1. The van der Waals surface area contributed by atoms with Crippen molar-refractivity contribution >= 4 is 0 Å². The van der Waals surface area contributed by atoms with Crippen molar-refractivity contribution in [1.29, 1.82) is 0 Å². The molecule has 1 heterocycles. The van der Waals surface area contributed by atoms with Crippen molar-refractivity contribution in [3.63, 3.8) is 0 Å². The van der Waals surface area contributed by atoms with Gasteiger partial charge in [0.15, 0.2) is 5.82 Å². The minimum Gasteiger partial charge on any atom is -0.308 e. The Morgan fingerprint density at radius 2 is 1.95 bits per heavy atom. The van der Waals surface area contributed by atoms with Crippen LogP contribution >= 0.6 is 0 Å². The molecule has 19 heavy (non-hydrogen) atoms. The maximum atomic E-state index is 13.5. The smallest absolute Gasteiger partial charge is 0.164 e. The summed E-state index contributed by atoms with van der Waals surface area (Å²) in [6.07, 6.45) is 1.48. The van der Waals surface area contributed by atoms with Crippen LogP contribution in [0.25, 0.3) is 0 Å². The van der Waals surface area contributed by atoms with Crippen LogP contribution in [-0.4, -0.2) is 20.8 Å². The number of halogens is 2. The van der Waals surface area contributed by atoms with Crippen LogP contribution in [0.15, 0.2) is 24.5 Å². The summed E-state index contributed by atoms with van der Waals surface area (Å²) >= 11 is 0. The summed E-state index contributed by atoms with van der Waals surface area (Å²) in [5, 5.41) is 7.34. The van der Waals surface area contributed by atoms with Gasteiger partial charge in [0.2, 0.25) is 0 Å². The Morgan fingerprint density at radius 3 is 2.58 bits per heavy atom. The Labute approximate surface area is 110 Å². The van der Waals surface area contributed by atoms with E-state index in [1.54, 1.807) is 0 Å². The number of aromatic nitrogens is 3. The maximum Gasteiger partial charge on any atom is 0.164 e. The minimum absolute atomic E-state index is 0.00392. The highest BCUT2D eigenvalue weighted by molar-refractivity contribution is 5.19. The fraction of sp³-hybridized carbons (Fsp3) is 0.385. The van der Waals surface area contributed by atoms with E-state index in [-0.39, 0.29) is 12.1 Å². The van der Waals surface area contributed by atoms with Gasteiger partial charge >= 0.3 is 0 Å². The summed E-state index contributed by atoms with van der Waals surface area (Å²) < 4.78 is 28.4. The largest absolute Gasteiger partial charge is 0.308 e. The first kappa shape index (κ1) is 13.6. The Bertz CT molecular complexity index is 531. The molecule has 0 amide bonds. The van der Waals surface area contributed by atoms with Crippen LogP contribution < -0.4 is 5.32 Å². The Morgan fingerprint density at radius 1 is 1.26 bits per heavy atom. The van der Waals surface area contributed by atoms with Crippen LogP contribution in [0.4, 0.5) is 8.78 Å². The number of hydrogen-bond acceptors (Lipinski definition) is 3. The quantitative estimate of drug-likeness (QED) is 0.901. The molecule has 0 aliphatic rings. The standard InChI is InChI=1S/C13H16F2N4/c1-9(2)16-6-13-17-8-19(18-13)7-10-11(14)4-3-5-12(10)15/h3-5,8-9,16H,6-7H2,1-2H3. The summed E-state index contributed by atoms with van der Waals surface area (Å²) in [6, 6.07) is 4.14. The van der Waals surface area contributed by atoms with Gasteiger partial charge in [0, 0.05) is 11.6 Å². The molecule has 0 atom stereocenters. The zero-order valence-corrected chi connectivity index (χ0v) is 10.9. The molecule has 1 aromatic heterocycles. The van der Waals surface area contributed by atoms with E-state index >= 15 is 0 Å². The van der Waals surface area contributed by atoms with Crippen LogP contribution in [0.2, 0.25) is 0 Å². The Balaban J connectivity index is 2.07. The summed E-state index contributed by atoms with van der Waals surface area (Å²) in [7, 11) is 0. The lowest BCUT2D eigenvalue weighted by atomic mass is 10.2. The second-order valence-electron chi connectivity index (χ2n) is 4.59. The van der Waals surface area contributed by atoms with Gasteiger partial charge in [0.05, 0.1) is 13.1 Å². The van der Waals surface area contributed by atoms with Crippen molar-refractivity contribution < 1.29 is 8.78 Å². The molecule has 4 nitrogen and oxygen atoms in total. The first-order valence-electron chi connectivity index (χ1n) is 6.11.